The Bertz CT molecular complexity index is 605. The molecule has 4 nitrogen and oxygen atoms in total. The highest BCUT2D eigenvalue weighted by atomic mass is 16.1. The van der Waals surface area contributed by atoms with E-state index in [1.807, 2.05) is 37.3 Å². The van der Waals surface area contributed by atoms with Crippen molar-refractivity contribution in [3.63, 3.8) is 0 Å². The summed E-state index contributed by atoms with van der Waals surface area (Å²) in [5.74, 6) is -1.05. The van der Waals surface area contributed by atoms with Crippen molar-refractivity contribution in [2.75, 3.05) is 0 Å². The van der Waals surface area contributed by atoms with Crippen LogP contribution >= 0.6 is 0 Å². The predicted octanol–water partition coefficient (Wildman–Crippen LogP) is 2.22. The topological polar surface area (TPSA) is 58.7 Å². The van der Waals surface area contributed by atoms with Crippen LogP contribution < -0.4 is 0 Å². The minimum atomic E-state index is -0.791. The minimum Gasteiger partial charge on any atom is -0.340 e. The van der Waals surface area contributed by atoms with Crippen LogP contribution in [-0.2, 0) is 7.05 Å². The lowest BCUT2D eigenvalue weighted by molar-refractivity contribution is 0.0974. The van der Waals surface area contributed by atoms with Crippen LogP contribution in [0.15, 0.2) is 36.8 Å². The van der Waals surface area contributed by atoms with E-state index >= 15 is 0 Å². The molecule has 1 atom stereocenters. The lowest BCUT2D eigenvalue weighted by Crippen LogP contribution is -2.11. The first-order valence-corrected chi connectivity index (χ1v) is 5.60. The Morgan fingerprint density at radius 1 is 1.39 bits per heavy atom. The van der Waals surface area contributed by atoms with Crippen LogP contribution in [0, 0.1) is 18.3 Å². The molecule has 2 rings (SSSR count). The van der Waals surface area contributed by atoms with Gasteiger partial charge in [-0.15, -0.1) is 0 Å². The number of ketones is 1. The molecule has 4 heteroatoms. The van der Waals surface area contributed by atoms with Crippen molar-refractivity contribution < 1.29 is 4.79 Å². The third kappa shape index (κ3) is 2.30. The van der Waals surface area contributed by atoms with E-state index < -0.39 is 5.92 Å². The number of aromatic nitrogens is 2. The number of imidazole rings is 1. The number of hydrogen-bond donors (Lipinski definition) is 0. The number of rotatable bonds is 3. The lowest BCUT2D eigenvalue weighted by Gasteiger charge is -2.06. The molecule has 0 spiro atoms. The van der Waals surface area contributed by atoms with Gasteiger partial charge in [-0.05, 0) is 12.5 Å². The number of hydrogen-bond acceptors (Lipinski definition) is 3. The monoisotopic (exact) mass is 239 g/mol. The van der Waals surface area contributed by atoms with Crippen molar-refractivity contribution in [2.45, 2.75) is 12.8 Å². The van der Waals surface area contributed by atoms with Crippen LogP contribution in [0.1, 0.15) is 27.5 Å². The van der Waals surface area contributed by atoms with Crippen LogP contribution in [0.2, 0.25) is 0 Å². The molecule has 0 aliphatic carbocycles. The normalized spacial score (nSPS) is 11.8. The molecule has 1 heterocycles. The number of aryl methyl sites for hydroxylation is 2. The molecule has 0 saturated heterocycles. The molecule has 0 amide bonds. The quantitative estimate of drug-likeness (QED) is 0.771. The zero-order chi connectivity index (χ0) is 13.1. The van der Waals surface area contributed by atoms with Crippen LogP contribution in [0.25, 0.3) is 0 Å². The average Bonchev–Trinajstić information content (AvgIpc) is 2.79. The van der Waals surface area contributed by atoms with Crippen molar-refractivity contribution in [2.24, 2.45) is 7.05 Å². The number of nitriles is 1. The van der Waals surface area contributed by atoms with Gasteiger partial charge in [-0.1, -0.05) is 29.8 Å². The molecular weight excluding hydrogens is 226 g/mol. The first-order valence-electron chi connectivity index (χ1n) is 5.60. The lowest BCUT2D eigenvalue weighted by atomic mass is 9.94. The fourth-order valence-corrected chi connectivity index (χ4v) is 1.73. The van der Waals surface area contributed by atoms with E-state index in [0.717, 1.165) is 5.56 Å². The maximum Gasteiger partial charge on any atom is 0.204 e. The van der Waals surface area contributed by atoms with Gasteiger partial charge < -0.3 is 4.57 Å². The van der Waals surface area contributed by atoms with Gasteiger partial charge in [-0.25, -0.2) is 4.98 Å². The van der Waals surface area contributed by atoms with E-state index in [2.05, 4.69) is 4.98 Å². The first kappa shape index (κ1) is 12.1. The van der Waals surface area contributed by atoms with E-state index in [4.69, 9.17) is 0 Å². The minimum absolute atomic E-state index is 0.262. The summed E-state index contributed by atoms with van der Waals surface area (Å²) in [7, 11) is 1.79. The van der Waals surface area contributed by atoms with Gasteiger partial charge in [-0.3, -0.25) is 4.79 Å². The van der Waals surface area contributed by atoms with Crippen LogP contribution in [0.3, 0.4) is 0 Å². The summed E-state index contributed by atoms with van der Waals surface area (Å²) >= 11 is 0. The Kier molecular flexibility index (Phi) is 3.24. The predicted molar refractivity (Wildman–Crippen MR) is 67.1 cm³/mol. The maximum absolute atomic E-state index is 12.2. The zero-order valence-corrected chi connectivity index (χ0v) is 10.3. The van der Waals surface area contributed by atoms with Crippen LogP contribution in [0.4, 0.5) is 0 Å². The highest BCUT2D eigenvalue weighted by molar-refractivity contribution is 6.01. The second-order valence-corrected chi connectivity index (χ2v) is 4.26. The van der Waals surface area contributed by atoms with Gasteiger partial charge in [0.15, 0.2) is 0 Å². The average molecular weight is 239 g/mol. The second kappa shape index (κ2) is 4.84. The molecule has 1 unspecified atom stereocenters. The number of carbonyl (C=O) groups is 1. The summed E-state index contributed by atoms with van der Waals surface area (Å²) in [6, 6.07) is 9.45. The van der Waals surface area contributed by atoms with Gasteiger partial charge in [0.25, 0.3) is 0 Å². The van der Waals surface area contributed by atoms with Gasteiger partial charge >= 0.3 is 0 Å². The summed E-state index contributed by atoms with van der Waals surface area (Å²) in [5.41, 5.74) is 2.13. The molecular formula is C14H13N3O. The van der Waals surface area contributed by atoms with Crippen molar-refractivity contribution in [3.05, 3.63) is 53.6 Å². The molecule has 90 valence electrons. The molecule has 0 aliphatic heterocycles. The molecule has 1 aromatic carbocycles. The Hall–Kier alpha value is -2.41. The number of nitrogens with zero attached hydrogens (tertiary/aromatic N) is 3. The molecule has 1 aromatic heterocycles. The molecule has 0 aliphatic rings. The summed E-state index contributed by atoms with van der Waals surface area (Å²) in [6.07, 6.45) is 3.18. The Morgan fingerprint density at radius 3 is 2.56 bits per heavy atom. The van der Waals surface area contributed by atoms with Gasteiger partial charge in [0.05, 0.1) is 12.4 Å². The van der Waals surface area contributed by atoms with E-state index in [9.17, 15) is 10.1 Å². The van der Waals surface area contributed by atoms with E-state index in [1.54, 1.807) is 24.1 Å². The standard InChI is InChI=1S/C14H13N3O/c1-10-3-5-11(6-4-10)12(7-15)14(18)13-8-17(2)9-16-13/h3-6,8-9,12H,1-2H3. The fraction of sp³-hybridized carbons (Fsp3) is 0.214. The van der Waals surface area contributed by atoms with E-state index in [-0.39, 0.29) is 5.78 Å². The van der Waals surface area contributed by atoms with E-state index in [0.29, 0.717) is 11.3 Å². The van der Waals surface area contributed by atoms with Gasteiger partial charge in [0.1, 0.15) is 11.6 Å². The third-order valence-electron chi connectivity index (χ3n) is 2.76. The Labute approximate surface area is 106 Å². The molecule has 0 fully saturated rings. The van der Waals surface area contributed by atoms with E-state index in [1.165, 1.54) is 0 Å². The summed E-state index contributed by atoms with van der Waals surface area (Å²) in [6.45, 7) is 1.96. The molecule has 2 aromatic rings. The van der Waals surface area contributed by atoms with Gasteiger partial charge in [0.2, 0.25) is 5.78 Å². The zero-order valence-electron chi connectivity index (χ0n) is 10.3. The van der Waals surface area contributed by atoms with Gasteiger partial charge in [-0.2, -0.15) is 5.26 Å². The highest BCUT2D eigenvalue weighted by Crippen LogP contribution is 2.20. The first-order chi connectivity index (χ1) is 8.61. The van der Waals surface area contributed by atoms with Crippen LogP contribution in [0.5, 0.6) is 0 Å². The number of carbonyl (C=O) groups excluding carboxylic acids is 1. The second-order valence-electron chi connectivity index (χ2n) is 4.26. The molecule has 0 radical (unpaired) electrons. The summed E-state index contributed by atoms with van der Waals surface area (Å²) < 4.78 is 1.69. The van der Waals surface area contributed by atoms with Gasteiger partial charge in [0, 0.05) is 13.2 Å². The number of Topliss-reactive ketones (excluding diaryl/α,β-unsaturated/α-hetero) is 1. The molecule has 18 heavy (non-hydrogen) atoms. The third-order valence-corrected chi connectivity index (χ3v) is 2.76. The van der Waals surface area contributed by atoms with Crippen molar-refractivity contribution in [3.8, 4) is 6.07 Å². The fourth-order valence-electron chi connectivity index (χ4n) is 1.73. The number of benzene rings is 1. The SMILES string of the molecule is Cc1ccc(C(C#N)C(=O)c2cn(C)cn2)cc1. The maximum atomic E-state index is 12.2. The summed E-state index contributed by atoms with van der Waals surface area (Å²) in [5, 5.41) is 9.18. The van der Waals surface area contributed by atoms with Crippen LogP contribution in [-0.4, -0.2) is 15.3 Å². The summed E-state index contributed by atoms with van der Waals surface area (Å²) in [4.78, 5) is 16.2. The smallest absolute Gasteiger partial charge is 0.204 e. The molecule has 0 bridgehead atoms. The largest absolute Gasteiger partial charge is 0.340 e. The molecule has 0 saturated carbocycles. The molecule has 0 N–H and O–H groups in total. The highest BCUT2D eigenvalue weighted by Gasteiger charge is 2.23. The van der Waals surface area contributed by atoms with Crippen molar-refractivity contribution >= 4 is 5.78 Å². The van der Waals surface area contributed by atoms with Crippen molar-refractivity contribution in [1.29, 1.82) is 5.26 Å². The van der Waals surface area contributed by atoms with Crippen molar-refractivity contribution in [1.82, 2.24) is 9.55 Å². The Morgan fingerprint density at radius 2 is 2.06 bits per heavy atom. The Balaban J connectivity index is 2.32.